The minimum absolute atomic E-state index is 0.0189. The number of hydrogen-bond donors (Lipinski definition) is 1. The predicted molar refractivity (Wildman–Crippen MR) is 112 cm³/mol. The normalized spacial score (nSPS) is 17.5. The number of nitrogens with one attached hydrogen (secondary N) is 1. The number of nitrogens with zero attached hydrogens (tertiary/aromatic N) is 1. The molecule has 4 rings (SSSR count). The van der Waals surface area contributed by atoms with Gasteiger partial charge in [0.2, 0.25) is 15.9 Å². The molecule has 0 spiro atoms. The van der Waals surface area contributed by atoms with Crippen LogP contribution in [0, 0.1) is 12.8 Å². The molecule has 1 saturated heterocycles. The van der Waals surface area contributed by atoms with E-state index < -0.39 is 10.0 Å². The Bertz CT molecular complexity index is 1030. The van der Waals surface area contributed by atoms with Crippen LogP contribution in [0.2, 0.25) is 0 Å². The van der Waals surface area contributed by atoms with E-state index in [0.717, 1.165) is 11.1 Å². The number of carbonyl (C=O) groups is 1. The van der Waals surface area contributed by atoms with Crippen molar-refractivity contribution in [2.24, 2.45) is 5.92 Å². The number of amides is 1. The number of carbonyl (C=O) groups excluding carboxylic acids is 1. The van der Waals surface area contributed by atoms with Crippen molar-refractivity contribution in [3.8, 4) is 11.5 Å². The molecule has 7 nitrogen and oxygen atoms in total. The monoisotopic (exact) mass is 430 g/mol. The largest absolute Gasteiger partial charge is 0.486 e. The van der Waals surface area contributed by atoms with Gasteiger partial charge in [0, 0.05) is 31.6 Å². The summed E-state index contributed by atoms with van der Waals surface area (Å²) in [5, 5.41) is 2.99. The Morgan fingerprint density at radius 2 is 1.77 bits per heavy atom. The number of piperidine rings is 1. The van der Waals surface area contributed by atoms with Crippen LogP contribution in [0.4, 0.5) is 0 Å². The van der Waals surface area contributed by atoms with E-state index in [1.807, 2.05) is 31.2 Å². The van der Waals surface area contributed by atoms with Crippen LogP contribution in [0.5, 0.6) is 11.5 Å². The highest BCUT2D eigenvalue weighted by Gasteiger charge is 2.32. The second-order valence-corrected chi connectivity index (χ2v) is 9.57. The lowest BCUT2D eigenvalue weighted by Crippen LogP contribution is -2.42. The van der Waals surface area contributed by atoms with Gasteiger partial charge in [-0.15, -0.1) is 0 Å². The zero-order chi connectivity index (χ0) is 21.1. The number of hydrogen-bond acceptors (Lipinski definition) is 5. The summed E-state index contributed by atoms with van der Waals surface area (Å²) in [5.41, 5.74) is 2.22. The number of aryl methyl sites for hydroxylation is 1. The maximum Gasteiger partial charge on any atom is 0.243 e. The van der Waals surface area contributed by atoms with Gasteiger partial charge in [0.1, 0.15) is 13.2 Å². The molecule has 1 fully saturated rings. The van der Waals surface area contributed by atoms with E-state index in [4.69, 9.17) is 9.47 Å². The van der Waals surface area contributed by atoms with Crippen molar-refractivity contribution in [2.45, 2.75) is 31.2 Å². The van der Waals surface area contributed by atoms with Crippen molar-refractivity contribution in [3.05, 3.63) is 53.6 Å². The van der Waals surface area contributed by atoms with Gasteiger partial charge in [0.15, 0.2) is 11.5 Å². The van der Waals surface area contributed by atoms with Gasteiger partial charge >= 0.3 is 0 Å². The molecule has 0 atom stereocenters. The smallest absolute Gasteiger partial charge is 0.243 e. The van der Waals surface area contributed by atoms with E-state index in [0.29, 0.717) is 57.2 Å². The minimum atomic E-state index is -3.64. The average molecular weight is 431 g/mol. The molecule has 160 valence electrons. The number of rotatable bonds is 5. The Hall–Kier alpha value is -2.58. The first-order valence-corrected chi connectivity index (χ1v) is 11.6. The standard InChI is InChI=1S/C22H26N2O5S/c1-16-4-2-3-5-18(16)15-23-22(25)17-8-10-24(11-9-17)30(26,27)19-6-7-20-21(14-19)29-13-12-28-20/h2-7,14,17H,8-13,15H2,1H3,(H,23,25). The number of benzene rings is 2. The topological polar surface area (TPSA) is 84.9 Å². The first-order chi connectivity index (χ1) is 14.4. The van der Waals surface area contributed by atoms with Gasteiger partial charge in [-0.1, -0.05) is 24.3 Å². The Morgan fingerprint density at radius 3 is 2.50 bits per heavy atom. The van der Waals surface area contributed by atoms with Crippen LogP contribution in [-0.4, -0.2) is 44.9 Å². The van der Waals surface area contributed by atoms with Crippen LogP contribution < -0.4 is 14.8 Å². The van der Waals surface area contributed by atoms with Crippen LogP contribution in [-0.2, 0) is 21.4 Å². The fourth-order valence-corrected chi connectivity index (χ4v) is 5.31. The Labute approximate surface area is 177 Å². The van der Waals surface area contributed by atoms with E-state index in [9.17, 15) is 13.2 Å². The molecule has 0 aromatic heterocycles. The van der Waals surface area contributed by atoms with Crippen LogP contribution in [0.25, 0.3) is 0 Å². The van der Waals surface area contributed by atoms with Crippen LogP contribution in [0.1, 0.15) is 24.0 Å². The lowest BCUT2D eigenvalue weighted by molar-refractivity contribution is -0.126. The second-order valence-electron chi connectivity index (χ2n) is 7.63. The third-order valence-electron chi connectivity index (χ3n) is 5.69. The van der Waals surface area contributed by atoms with Gasteiger partial charge in [-0.3, -0.25) is 4.79 Å². The first kappa shape index (κ1) is 20.7. The molecule has 2 aliphatic heterocycles. The molecule has 2 aliphatic rings. The van der Waals surface area contributed by atoms with Crippen molar-refractivity contribution >= 4 is 15.9 Å². The predicted octanol–water partition coefficient (Wildman–Crippen LogP) is 2.48. The minimum Gasteiger partial charge on any atom is -0.486 e. The average Bonchev–Trinajstić information content (AvgIpc) is 2.78. The zero-order valence-corrected chi connectivity index (χ0v) is 17.8. The van der Waals surface area contributed by atoms with E-state index in [2.05, 4.69) is 5.32 Å². The molecule has 1 N–H and O–H groups in total. The SMILES string of the molecule is Cc1ccccc1CNC(=O)C1CCN(S(=O)(=O)c2ccc3c(c2)OCCO3)CC1. The van der Waals surface area contributed by atoms with Crippen molar-refractivity contribution in [1.82, 2.24) is 9.62 Å². The molecule has 8 heteroatoms. The van der Waals surface area contributed by atoms with Gasteiger partial charge < -0.3 is 14.8 Å². The van der Waals surface area contributed by atoms with Crippen molar-refractivity contribution in [3.63, 3.8) is 0 Å². The lowest BCUT2D eigenvalue weighted by Gasteiger charge is -2.31. The lowest BCUT2D eigenvalue weighted by atomic mass is 9.97. The van der Waals surface area contributed by atoms with Crippen molar-refractivity contribution in [1.29, 1.82) is 0 Å². The molecule has 0 bridgehead atoms. The molecule has 2 heterocycles. The molecule has 1 amide bonds. The van der Waals surface area contributed by atoms with Crippen LogP contribution in [0.3, 0.4) is 0 Å². The van der Waals surface area contributed by atoms with E-state index in [1.165, 1.54) is 10.4 Å². The molecule has 0 unspecified atom stereocenters. The Balaban J connectivity index is 1.35. The molecular weight excluding hydrogens is 404 g/mol. The Kier molecular flexibility index (Phi) is 5.97. The van der Waals surface area contributed by atoms with Crippen LogP contribution >= 0.6 is 0 Å². The molecule has 2 aromatic rings. The van der Waals surface area contributed by atoms with Crippen LogP contribution in [0.15, 0.2) is 47.4 Å². The summed E-state index contributed by atoms with van der Waals surface area (Å²) in [6.07, 6.45) is 1.01. The summed E-state index contributed by atoms with van der Waals surface area (Å²) in [7, 11) is -3.64. The highest BCUT2D eigenvalue weighted by atomic mass is 32.2. The summed E-state index contributed by atoms with van der Waals surface area (Å²) in [4.78, 5) is 12.7. The molecular formula is C22H26N2O5S. The molecule has 0 saturated carbocycles. The molecule has 0 radical (unpaired) electrons. The van der Waals surface area contributed by atoms with Crippen molar-refractivity contribution < 1.29 is 22.7 Å². The van der Waals surface area contributed by atoms with E-state index >= 15 is 0 Å². The molecule has 2 aromatic carbocycles. The van der Waals surface area contributed by atoms with Gasteiger partial charge in [-0.25, -0.2) is 8.42 Å². The third-order valence-corrected chi connectivity index (χ3v) is 7.59. The quantitative estimate of drug-likeness (QED) is 0.788. The summed E-state index contributed by atoms with van der Waals surface area (Å²) in [5.74, 6) is 0.812. The zero-order valence-electron chi connectivity index (χ0n) is 17.0. The number of fused-ring (bicyclic) bond motifs is 1. The summed E-state index contributed by atoms with van der Waals surface area (Å²) < 4.78 is 38.5. The fraction of sp³-hybridized carbons (Fsp3) is 0.409. The third kappa shape index (κ3) is 4.29. The highest BCUT2D eigenvalue weighted by molar-refractivity contribution is 7.89. The van der Waals surface area contributed by atoms with E-state index in [1.54, 1.807) is 12.1 Å². The van der Waals surface area contributed by atoms with Gasteiger partial charge in [0.05, 0.1) is 4.90 Å². The molecule has 0 aliphatic carbocycles. The molecule has 30 heavy (non-hydrogen) atoms. The maximum atomic E-state index is 13.0. The van der Waals surface area contributed by atoms with Gasteiger partial charge in [-0.2, -0.15) is 4.31 Å². The van der Waals surface area contributed by atoms with Gasteiger partial charge in [-0.05, 0) is 43.0 Å². The fourth-order valence-electron chi connectivity index (χ4n) is 3.83. The maximum absolute atomic E-state index is 13.0. The second kappa shape index (κ2) is 8.65. The summed E-state index contributed by atoms with van der Waals surface area (Å²) >= 11 is 0. The van der Waals surface area contributed by atoms with Gasteiger partial charge in [0.25, 0.3) is 0 Å². The summed E-state index contributed by atoms with van der Waals surface area (Å²) in [6.45, 7) is 4.00. The number of ether oxygens (including phenoxy) is 2. The Morgan fingerprint density at radius 1 is 1.07 bits per heavy atom. The van der Waals surface area contributed by atoms with Crippen molar-refractivity contribution in [2.75, 3.05) is 26.3 Å². The summed E-state index contributed by atoms with van der Waals surface area (Å²) in [6, 6.07) is 12.6. The number of sulfonamides is 1. The first-order valence-electron chi connectivity index (χ1n) is 10.2. The highest BCUT2D eigenvalue weighted by Crippen LogP contribution is 2.34. The van der Waals surface area contributed by atoms with E-state index in [-0.39, 0.29) is 16.7 Å².